The summed E-state index contributed by atoms with van der Waals surface area (Å²) in [6.45, 7) is 1.37. The van der Waals surface area contributed by atoms with Crippen molar-refractivity contribution >= 4 is 23.6 Å². The molecule has 3 aromatic heterocycles. The zero-order chi connectivity index (χ0) is 22.2. The van der Waals surface area contributed by atoms with Gasteiger partial charge in [-0.1, -0.05) is 0 Å². The normalized spacial score (nSPS) is 16.6. The van der Waals surface area contributed by atoms with Crippen molar-refractivity contribution in [3.05, 3.63) is 18.4 Å². The van der Waals surface area contributed by atoms with Gasteiger partial charge in [-0.05, 0) is 19.1 Å². The molecule has 0 bridgehead atoms. The highest BCUT2D eigenvalue weighted by Crippen LogP contribution is 2.19. The van der Waals surface area contributed by atoms with Crippen LogP contribution in [0.15, 0.2) is 22.8 Å². The molecule has 1 amide bonds. The molecule has 4 rings (SSSR count). The number of nitrogen functional groups attached to an aromatic ring is 1. The Balaban J connectivity index is 1.41. The minimum absolute atomic E-state index is 0.0122. The van der Waals surface area contributed by atoms with Gasteiger partial charge in [-0.2, -0.15) is 32.6 Å². The lowest BCUT2D eigenvalue weighted by Crippen LogP contribution is -2.53. The fraction of sp³-hybridized carbons (Fsp3) is 0.471. The number of furan rings is 1. The number of amides is 1. The van der Waals surface area contributed by atoms with E-state index < -0.39 is 18.8 Å². The van der Waals surface area contributed by atoms with Gasteiger partial charge in [-0.3, -0.25) is 9.69 Å². The van der Waals surface area contributed by atoms with E-state index >= 15 is 0 Å². The lowest BCUT2D eigenvalue weighted by molar-refractivity contribution is -0.151. The number of nitrogens with one attached hydrogen (secondary N) is 1. The Morgan fingerprint density at radius 1 is 1.26 bits per heavy atom. The number of halogens is 3. The molecule has 0 aliphatic carbocycles. The largest absolute Gasteiger partial charge is 0.461 e. The van der Waals surface area contributed by atoms with E-state index in [9.17, 15) is 18.0 Å². The van der Waals surface area contributed by atoms with Crippen molar-refractivity contribution in [3.8, 4) is 11.6 Å². The molecule has 1 aliphatic heterocycles. The Morgan fingerprint density at radius 2 is 2.00 bits per heavy atom. The fourth-order valence-electron chi connectivity index (χ4n) is 3.29. The van der Waals surface area contributed by atoms with E-state index in [0.717, 1.165) is 0 Å². The van der Waals surface area contributed by atoms with E-state index in [1.165, 1.54) is 20.6 Å². The summed E-state index contributed by atoms with van der Waals surface area (Å²) in [6.07, 6.45) is -2.77. The Kier molecular flexibility index (Phi) is 5.39. The Morgan fingerprint density at radius 3 is 2.65 bits per heavy atom. The zero-order valence-corrected chi connectivity index (χ0v) is 16.5. The van der Waals surface area contributed by atoms with Crippen molar-refractivity contribution in [1.29, 1.82) is 0 Å². The lowest BCUT2D eigenvalue weighted by atomic mass is 10.2. The average molecular weight is 439 g/mol. The topological polar surface area (TPSA) is 131 Å². The molecule has 4 heterocycles. The number of rotatable bonds is 5. The molecule has 0 unspecified atom stereocenters. The standard InChI is InChI=1S/C17H20F3N9O2/c1-10(13(30)28-6-4-27(5-7-28)9-17(18,19)20)22-15-24-14(21)29-16(25-15)23-12(26-29)11-3-2-8-31-11/h2-3,8,10H,4-7,9H2,1H3,(H3,21,22,23,24,25,26)/t10-/m0/s1. The third-order valence-electron chi connectivity index (χ3n) is 4.78. The molecule has 0 radical (unpaired) electrons. The van der Waals surface area contributed by atoms with Crippen molar-refractivity contribution in [2.45, 2.75) is 19.1 Å². The smallest absolute Gasteiger partial charge is 0.401 e. The third kappa shape index (κ3) is 4.68. The van der Waals surface area contributed by atoms with Crippen LogP contribution in [0.4, 0.5) is 25.1 Å². The van der Waals surface area contributed by atoms with Crippen LogP contribution >= 0.6 is 0 Å². The van der Waals surface area contributed by atoms with Crippen LogP contribution in [0.2, 0.25) is 0 Å². The summed E-state index contributed by atoms with van der Waals surface area (Å²) in [7, 11) is 0. The van der Waals surface area contributed by atoms with Crippen LogP contribution < -0.4 is 11.1 Å². The number of hydrogen-bond acceptors (Lipinski definition) is 9. The van der Waals surface area contributed by atoms with Gasteiger partial charge in [0, 0.05) is 26.2 Å². The van der Waals surface area contributed by atoms with Crippen LogP contribution in [0.25, 0.3) is 17.4 Å². The molecule has 1 saturated heterocycles. The summed E-state index contributed by atoms with van der Waals surface area (Å²) in [5.41, 5.74) is 5.93. The van der Waals surface area contributed by atoms with Crippen molar-refractivity contribution in [1.82, 2.24) is 34.4 Å². The molecule has 31 heavy (non-hydrogen) atoms. The van der Waals surface area contributed by atoms with Gasteiger partial charge in [0.05, 0.1) is 12.8 Å². The van der Waals surface area contributed by atoms with E-state index in [0.29, 0.717) is 5.76 Å². The van der Waals surface area contributed by atoms with Crippen molar-refractivity contribution in [2.24, 2.45) is 0 Å². The van der Waals surface area contributed by atoms with Crippen LogP contribution in [0.3, 0.4) is 0 Å². The van der Waals surface area contributed by atoms with E-state index in [1.807, 2.05) is 0 Å². The Labute approximate surface area is 174 Å². The van der Waals surface area contributed by atoms with E-state index in [4.69, 9.17) is 10.2 Å². The highest BCUT2D eigenvalue weighted by Gasteiger charge is 2.33. The minimum atomic E-state index is -4.25. The predicted octanol–water partition coefficient (Wildman–Crippen LogP) is 0.868. The van der Waals surface area contributed by atoms with Gasteiger partial charge in [-0.15, -0.1) is 5.10 Å². The molecule has 1 aliphatic rings. The molecule has 0 aromatic carbocycles. The van der Waals surface area contributed by atoms with Crippen LogP contribution in [-0.4, -0.2) is 85.2 Å². The molecule has 166 valence electrons. The number of piperazine rings is 1. The number of nitrogens with zero attached hydrogens (tertiary/aromatic N) is 7. The molecule has 0 saturated carbocycles. The lowest BCUT2D eigenvalue weighted by Gasteiger charge is -2.36. The molecule has 0 spiro atoms. The summed E-state index contributed by atoms with van der Waals surface area (Å²) in [5, 5.41) is 7.06. The number of hydrogen-bond donors (Lipinski definition) is 2. The SMILES string of the molecule is C[C@H](Nc1nc(N)n2nc(-c3ccco3)nc2n1)C(=O)N1CCN(CC(F)(F)F)CC1. The van der Waals surface area contributed by atoms with Crippen molar-refractivity contribution in [3.63, 3.8) is 0 Å². The number of fused-ring (bicyclic) bond motifs is 1. The van der Waals surface area contributed by atoms with Crippen LogP contribution in [-0.2, 0) is 4.79 Å². The van der Waals surface area contributed by atoms with Gasteiger partial charge in [0.25, 0.3) is 5.78 Å². The van der Waals surface area contributed by atoms with Gasteiger partial charge in [-0.25, -0.2) is 0 Å². The summed E-state index contributed by atoms with van der Waals surface area (Å²) < 4.78 is 44.1. The minimum Gasteiger partial charge on any atom is -0.461 e. The van der Waals surface area contributed by atoms with Gasteiger partial charge in [0.1, 0.15) is 6.04 Å². The molecular formula is C17H20F3N9O2. The molecule has 14 heteroatoms. The average Bonchev–Trinajstić information content (AvgIpc) is 3.36. The maximum absolute atomic E-state index is 12.7. The molecule has 1 fully saturated rings. The molecule has 3 N–H and O–H groups in total. The van der Waals surface area contributed by atoms with Gasteiger partial charge in [0.15, 0.2) is 5.76 Å². The molecule has 11 nitrogen and oxygen atoms in total. The maximum atomic E-state index is 12.7. The number of alkyl halides is 3. The monoisotopic (exact) mass is 439 g/mol. The van der Waals surface area contributed by atoms with Crippen molar-refractivity contribution < 1.29 is 22.4 Å². The van der Waals surface area contributed by atoms with E-state index in [2.05, 4.69) is 25.4 Å². The quantitative estimate of drug-likeness (QED) is 0.594. The number of nitrogens with two attached hydrogens (primary N) is 1. The second kappa shape index (κ2) is 8.02. The van der Waals surface area contributed by atoms with Crippen molar-refractivity contribution in [2.75, 3.05) is 43.8 Å². The number of carbonyl (C=O) groups excluding carboxylic acids is 1. The number of anilines is 2. The number of carbonyl (C=O) groups is 1. The second-order valence-electron chi connectivity index (χ2n) is 7.11. The fourth-order valence-corrected chi connectivity index (χ4v) is 3.29. The first-order valence-electron chi connectivity index (χ1n) is 9.48. The highest BCUT2D eigenvalue weighted by molar-refractivity contribution is 5.84. The maximum Gasteiger partial charge on any atom is 0.401 e. The first-order chi connectivity index (χ1) is 14.7. The Hall–Kier alpha value is -3.42. The summed E-state index contributed by atoms with van der Waals surface area (Å²) in [6, 6.07) is 2.66. The molecular weight excluding hydrogens is 419 g/mol. The summed E-state index contributed by atoms with van der Waals surface area (Å²) >= 11 is 0. The molecule has 1 atom stereocenters. The molecule has 3 aromatic rings. The second-order valence-corrected chi connectivity index (χ2v) is 7.11. The van der Waals surface area contributed by atoms with Crippen LogP contribution in [0, 0.1) is 0 Å². The first-order valence-corrected chi connectivity index (χ1v) is 9.48. The van der Waals surface area contributed by atoms with Crippen LogP contribution in [0.1, 0.15) is 6.92 Å². The van der Waals surface area contributed by atoms with Gasteiger partial charge < -0.3 is 20.4 Å². The van der Waals surface area contributed by atoms with Gasteiger partial charge >= 0.3 is 6.18 Å². The van der Waals surface area contributed by atoms with E-state index in [-0.39, 0.29) is 55.6 Å². The van der Waals surface area contributed by atoms with Gasteiger partial charge in [0.2, 0.25) is 23.6 Å². The van der Waals surface area contributed by atoms with E-state index in [1.54, 1.807) is 19.1 Å². The highest BCUT2D eigenvalue weighted by atomic mass is 19.4. The Bertz CT molecular complexity index is 1060. The number of aromatic nitrogens is 5. The summed E-state index contributed by atoms with van der Waals surface area (Å²) in [5.74, 6) is 0.711. The zero-order valence-electron chi connectivity index (χ0n) is 16.5. The third-order valence-corrected chi connectivity index (χ3v) is 4.78. The first kappa shape index (κ1) is 20.8. The predicted molar refractivity (Wildman–Crippen MR) is 103 cm³/mol. The summed E-state index contributed by atoms with van der Waals surface area (Å²) in [4.78, 5) is 28.1. The van der Waals surface area contributed by atoms with Crippen LogP contribution in [0.5, 0.6) is 0 Å².